The third kappa shape index (κ3) is 4.95. The van der Waals surface area contributed by atoms with Crippen LogP contribution in [0.5, 0.6) is 0 Å². The lowest BCUT2D eigenvalue weighted by Gasteiger charge is -2.39. The Morgan fingerprint density at radius 3 is 2.53 bits per heavy atom. The molecule has 1 aliphatic heterocycles. The summed E-state index contributed by atoms with van der Waals surface area (Å²) < 4.78 is 52.2. The van der Waals surface area contributed by atoms with Gasteiger partial charge in [0.25, 0.3) is 0 Å². The second kappa shape index (κ2) is 9.17. The van der Waals surface area contributed by atoms with E-state index >= 15 is 0 Å². The Kier molecular flexibility index (Phi) is 6.93. The first-order valence-electron chi connectivity index (χ1n) is 10.7. The van der Waals surface area contributed by atoms with Crippen molar-refractivity contribution in [3.63, 3.8) is 0 Å². The van der Waals surface area contributed by atoms with Crippen LogP contribution in [-0.4, -0.2) is 37.3 Å². The number of rotatable bonds is 6. The fourth-order valence-electron chi connectivity index (χ4n) is 4.55. The van der Waals surface area contributed by atoms with Crippen LogP contribution in [0, 0.1) is 11.3 Å². The number of halogens is 3. The normalized spacial score (nSPS) is 23.0. The van der Waals surface area contributed by atoms with Crippen molar-refractivity contribution in [2.45, 2.75) is 52.6 Å². The van der Waals surface area contributed by atoms with Crippen molar-refractivity contribution in [1.29, 1.82) is 0 Å². The summed E-state index contributed by atoms with van der Waals surface area (Å²) in [7, 11) is 0. The van der Waals surface area contributed by atoms with Crippen molar-refractivity contribution in [3.8, 4) is 0 Å². The second-order valence-corrected chi connectivity index (χ2v) is 8.96. The van der Waals surface area contributed by atoms with E-state index in [0.717, 1.165) is 6.07 Å². The predicted octanol–water partition coefficient (Wildman–Crippen LogP) is 5.10. The Hall–Kier alpha value is -2.48. The third-order valence-corrected chi connectivity index (χ3v) is 5.83. The first kappa shape index (κ1) is 24.2. The number of ketones is 1. The number of aliphatic imine (C=N–C) groups is 1. The number of ether oxygens (including phenoxy) is 2. The van der Waals surface area contributed by atoms with E-state index < -0.39 is 29.5 Å². The minimum absolute atomic E-state index is 0.0308. The number of hydrogen-bond donors (Lipinski definition) is 0. The molecule has 0 aromatic heterocycles. The summed E-state index contributed by atoms with van der Waals surface area (Å²) in [6, 6.07) is 5.10. The van der Waals surface area contributed by atoms with Crippen LogP contribution in [0.15, 0.2) is 40.5 Å². The maximum atomic E-state index is 13.9. The van der Waals surface area contributed by atoms with E-state index in [4.69, 9.17) is 9.47 Å². The zero-order valence-electron chi connectivity index (χ0n) is 18.7. The fraction of sp³-hybridized carbons (Fsp3) is 0.542. The van der Waals surface area contributed by atoms with Gasteiger partial charge >= 0.3 is 12.1 Å². The SMILES string of the molecule is CCOCCOC(=O)C1C(C)=NC2=C(C(=O)CC(C)(C)C2)[C@H]1c1ccccc1C(F)(F)F. The molecular weight excluding hydrogens is 423 g/mol. The lowest BCUT2D eigenvalue weighted by molar-refractivity contribution is -0.149. The average Bonchev–Trinajstić information content (AvgIpc) is 2.68. The standard InChI is InChI=1S/C24H28F3NO4/c1-5-31-10-11-32-22(30)19-14(2)28-17-12-23(3,4)13-18(29)21(17)20(19)15-8-6-7-9-16(15)24(25,26)27/h6-9,19-20H,5,10-13H2,1-4H3/t19?,20-/m0/s1. The van der Waals surface area contributed by atoms with Crippen LogP contribution in [0.25, 0.3) is 0 Å². The Bertz CT molecular complexity index is 962. The maximum Gasteiger partial charge on any atom is 0.416 e. The highest BCUT2D eigenvalue weighted by Crippen LogP contribution is 2.50. The van der Waals surface area contributed by atoms with E-state index in [-0.39, 0.29) is 42.0 Å². The monoisotopic (exact) mass is 451 g/mol. The fourth-order valence-corrected chi connectivity index (χ4v) is 4.55. The van der Waals surface area contributed by atoms with Gasteiger partial charge in [-0.1, -0.05) is 32.0 Å². The summed E-state index contributed by atoms with van der Waals surface area (Å²) in [5, 5.41) is 0. The third-order valence-electron chi connectivity index (χ3n) is 5.83. The summed E-state index contributed by atoms with van der Waals surface area (Å²) in [6.45, 7) is 7.84. The number of carbonyl (C=O) groups is 2. The highest BCUT2D eigenvalue weighted by atomic mass is 19.4. The molecule has 1 aliphatic carbocycles. The Morgan fingerprint density at radius 2 is 1.88 bits per heavy atom. The first-order chi connectivity index (χ1) is 15.0. The molecule has 0 N–H and O–H groups in total. The topological polar surface area (TPSA) is 65.0 Å². The molecule has 0 spiro atoms. The lowest BCUT2D eigenvalue weighted by atomic mass is 9.66. The van der Waals surface area contributed by atoms with Gasteiger partial charge in [0, 0.05) is 35.9 Å². The molecule has 2 atom stereocenters. The number of carbonyl (C=O) groups excluding carboxylic acids is 2. The molecular formula is C24H28F3NO4. The molecule has 1 heterocycles. The minimum atomic E-state index is -4.64. The van der Waals surface area contributed by atoms with E-state index in [1.54, 1.807) is 13.8 Å². The van der Waals surface area contributed by atoms with Crippen LogP contribution >= 0.6 is 0 Å². The van der Waals surface area contributed by atoms with Gasteiger partial charge in [-0.15, -0.1) is 0 Å². The van der Waals surface area contributed by atoms with Crippen LogP contribution in [0.2, 0.25) is 0 Å². The highest BCUT2D eigenvalue weighted by molar-refractivity contribution is 6.09. The minimum Gasteiger partial charge on any atom is -0.463 e. The molecule has 0 amide bonds. The first-order valence-corrected chi connectivity index (χ1v) is 10.7. The molecule has 0 bridgehead atoms. The maximum absolute atomic E-state index is 13.9. The number of hydrogen-bond acceptors (Lipinski definition) is 5. The van der Waals surface area contributed by atoms with Gasteiger partial charge in [-0.3, -0.25) is 14.6 Å². The molecule has 1 aromatic rings. The number of alkyl halides is 3. The highest BCUT2D eigenvalue weighted by Gasteiger charge is 2.48. The van der Waals surface area contributed by atoms with Gasteiger partial charge in [-0.25, -0.2) is 0 Å². The summed E-state index contributed by atoms with van der Waals surface area (Å²) in [6.07, 6.45) is -4.01. The molecule has 1 aromatic carbocycles. The molecule has 0 saturated carbocycles. The largest absolute Gasteiger partial charge is 0.463 e. The van der Waals surface area contributed by atoms with Crippen LogP contribution in [0.4, 0.5) is 13.2 Å². The van der Waals surface area contributed by atoms with Gasteiger partial charge in [0.1, 0.15) is 12.5 Å². The molecule has 0 radical (unpaired) electrons. The number of benzene rings is 1. The zero-order valence-corrected chi connectivity index (χ0v) is 18.7. The molecule has 1 unspecified atom stereocenters. The molecule has 174 valence electrons. The van der Waals surface area contributed by atoms with Gasteiger partial charge in [-0.2, -0.15) is 13.2 Å². The van der Waals surface area contributed by atoms with Crippen molar-refractivity contribution < 1.29 is 32.2 Å². The van der Waals surface area contributed by atoms with Crippen molar-refractivity contribution >= 4 is 17.5 Å². The van der Waals surface area contributed by atoms with Crippen LogP contribution in [-0.2, 0) is 25.2 Å². The van der Waals surface area contributed by atoms with E-state index in [1.807, 2.05) is 13.8 Å². The predicted molar refractivity (Wildman–Crippen MR) is 113 cm³/mol. The number of nitrogens with zero attached hydrogens (tertiary/aromatic N) is 1. The lowest BCUT2D eigenvalue weighted by Crippen LogP contribution is -2.40. The Labute approximate surface area is 185 Å². The summed E-state index contributed by atoms with van der Waals surface area (Å²) in [5.41, 5.74) is -0.337. The number of allylic oxidation sites excluding steroid dienone is 2. The van der Waals surface area contributed by atoms with Crippen LogP contribution in [0.3, 0.4) is 0 Å². The molecule has 32 heavy (non-hydrogen) atoms. The number of Topliss-reactive ketones (excluding diaryl/α,β-unsaturated/α-hetero) is 1. The van der Waals surface area contributed by atoms with Crippen molar-refractivity contribution in [1.82, 2.24) is 0 Å². The van der Waals surface area contributed by atoms with Crippen LogP contribution in [0.1, 0.15) is 57.6 Å². The van der Waals surface area contributed by atoms with Crippen LogP contribution < -0.4 is 0 Å². The summed E-state index contributed by atoms with van der Waals surface area (Å²) in [4.78, 5) is 30.8. The average molecular weight is 451 g/mol. The van der Waals surface area contributed by atoms with Gasteiger partial charge in [0.15, 0.2) is 5.78 Å². The van der Waals surface area contributed by atoms with Gasteiger partial charge in [0.05, 0.1) is 12.2 Å². The molecule has 0 fully saturated rings. The van der Waals surface area contributed by atoms with E-state index in [9.17, 15) is 22.8 Å². The van der Waals surface area contributed by atoms with Crippen molar-refractivity contribution in [2.24, 2.45) is 16.3 Å². The zero-order chi connectivity index (χ0) is 23.7. The second-order valence-electron chi connectivity index (χ2n) is 8.96. The van der Waals surface area contributed by atoms with E-state index in [2.05, 4.69) is 4.99 Å². The molecule has 2 aliphatic rings. The summed E-state index contributed by atoms with van der Waals surface area (Å²) in [5.74, 6) is -3.22. The van der Waals surface area contributed by atoms with Gasteiger partial charge in [0.2, 0.25) is 0 Å². The van der Waals surface area contributed by atoms with E-state index in [0.29, 0.717) is 24.4 Å². The van der Waals surface area contributed by atoms with Gasteiger partial charge in [-0.05, 0) is 37.3 Å². The quantitative estimate of drug-likeness (QED) is 0.446. The molecule has 3 rings (SSSR count). The molecule has 8 heteroatoms. The smallest absolute Gasteiger partial charge is 0.416 e. The Balaban J connectivity index is 2.13. The Morgan fingerprint density at radius 1 is 1.19 bits per heavy atom. The van der Waals surface area contributed by atoms with Crippen molar-refractivity contribution in [3.05, 3.63) is 46.7 Å². The van der Waals surface area contributed by atoms with Crippen molar-refractivity contribution in [2.75, 3.05) is 19.8 Å². The number of esters is 1. The summed E-state index contributed by atoms with van der Waals surface area (Å²) >= 11 is 0. The van der Waals surface area contributed by atoms with Gasteiger partial charge < -0.3 is 9.47 Å². The van der Waals surface area contributed by atoms with E-state index in [1.165, 1.54) is 18.2 Å². The molecule has 0 saturated heterocycles. The molecule has 5 nitrogen and oxygen atoms in total.